The fourth-order valence-electron chi connectivity index (χ4n) is 2.90. The fourth-order valence-corrected chi connectivity index (χ4v) is 2.90. The number of rotatable bonds is 4. The minimum absolute atomic E-state index is 0.311. The summed E-state index contributed by atoms with van der Waals surface area (Å²) in [5, 5.41) is 2.52. The maximum absolute atomic E-state index is 5.99. The van der Waals surface area contributed by atoms with E-state index in [4.69, 9.17) is 4.74 Å². The van der Waals surface area contributed by atoms with Crippen LogP contribution in [0.25, 0.3) is 10.8 Å². The first-order chi connectivity index (χ1) is 12.4. The summed E-state index contributed by atoms with van der Waals surface area (Å²) in [7, 11) is 0. The largest absolute Gasteiger partial charge is 0.489 e. The predicted octanol–water partition coefficient (Wildman–Crippen LogP) is 7.42. The highest BCUT2D eigenvalue weighted by molar-refractivity contribution is 5.85. The summed E-state index contributed by atoms with van der Waals surface area (Å²) in [6, 6.07) is 23.3. The van der Waals surface area contributed by atoms with Gasteiger partial charge in [-0.1, -0.05) is 95.6 Å². The van der Waals surface area contributed by atoms with Gasteiger partial charge in [-0.05, 0) is 45.9 Å². The maximum atomic E-state index is 5.99. The smallest absolute Gasteiger partial charge is 0.119 e. The summed E-state index contributed by atoms with van der Waals surface area (Å²) in [5.74, 6) is 0.926. The van der Waals surface area contributed by atoms with Crippen LogP contribution in [0.3, 0.4) is 0 Å². The first-order valence-electron chi connectivity index (χ1n) is 9.61. The molecule has 0 spiro atoms. The van der Waals surface area contributed by atoms with E-state index < -0.39 is 0 Å². The molecule has 0 N–H and O–H groups in total. The van der Waals surface area contributed by atoms with Crippen molar-refractivity contribution in [3.8, 4) is 5.75 Å². The van der Waals surface area contributed by atoms with Crippen LogP contribution in [0.15, 0.2) is 66.7 Å². The number of ether oxygens (including phenoxy) is 1. The van der Waals surface area contributed by atoms with E-state index in [1.54, 1.807) is 0 Å². The van der Waals surface area contributed by atoms with E-state index in [1.807, 2.05) is 0 Å². The number of benzene rings is 3. The van der Waals surface area contributed by atoms with Crippen LogP contribution >= 0.6 is 0 Å². The molecule has 0 unspecified atom stereocenters. The Hall–Kier alpha value is -2.28. The molecule has 0 amide bonds. The molecule has 3 aromatic carbocycles. The van der Waals surface area contributed by atoms with Crippen molar-refractivity contribution < 1.29 is 4.74 Å². The van der Waals surface area contributed by atoms with Crippen molar-refractivity contribution in [1.82, 2.24) is 0 Å². The lowest BCUT2D eigenvalue weighted by Gasteiger charge is -2.18. The van der Waals surface area contributed by atoms with Crippen LogP contribution in [-0.4, -0.2) is 0 Å². The molecule has 0 atom stereocenters. The topological polar surface area (TPSA) is 9.23 Å². The second-order valence-corrected chi connectivity index (χ2v) is 8.02. The maximum Gasteiger partial charge on any atom is 0.119 e. The Labute approximate surface area is 159 Å². The Balaban J connectivity index is 0.000000758. The first kappa shape index (κ1) is 20.0. The molecule has 0 fully saturated rings. The molecule has 0 aromatic heterocycles. The molecule has 3 rings (SSSR count). The van der Waals surface area contributed by atoms with Crippen molar-refractivity contribution in [2.75, 3.05) is 0 Å². The van der Waals surface area contributed by atoms with Crippen molar-refractivity contribution in [1.29, 1.82) is 0 Å². The van der Waals surface area contributed by atoms with Gasteiger partial charge in [0.15, 0.2) is 0 Å². The average molecular weight is 349 g/mol. The van der Waals surface area contributed by atoms with Gasteiger partial charge in [-0.25, -0.2) is 0 Å². The van der Waals surface area contributed by atoms with Crippen molar-refractivity contribution >= 4 is 10.8 Å². The van der Waals surface area contributed by atoms with Crippen LogP contribution in [0.2, 0.25) is 0 Å². The minimum Gasteiger partial charge on any atom is -0.489 e. The Bertz CT molecular complexity index is 789. The number of fused-ring (bicyclic) bond motifs is 1. The highest BCUT2D eigenvalue weighted by atomic mass is 16.5. The van der Waals surface area contributed by atoms with Gasteiger partial charge in [0, 0.05) is 0 Å². The molecule has 0 heterocycles. The number of hydrogen-bond donors (Lipinski definition) is 0. The van der Waals surface area contributed by atoms with Crippen LogP contribution in [0.5, 0.6) is 5.75 Å². The standard InChI is InChI=1S/C22H24O.C3H8/c1-22(2,3)15-17-11-13-20(14-12-17)23-16-19-9-6-8-18-7-4-5-10-21(18)19;1-3-2/h4-14H,15-16H2,1-3H3;3H2,1-2H3. The van der Waals surface area contributed by atoms with Crippen LogP contribution in [0, 0.1) is 5.41 Å². The Morgan fingerprint density at radius 2 is 1.38 bits per heavy atom. The van der Waals surface area contributed by atoms with Crippen LogP contribution in [0.1, 0.15) is 52.2 Å². The van der Waals surface area contributed by atoms with E-state index in [2.05, 4.69) is 101 Å². The van der Waals surface area contributed by atoms with Crippen LogP contribution in [-0.2, 0) is 13.0 Å². The van der Waals surface area contributed by atoms with Crippen molar-refractivity contribution in [2.45, 2.75) is 54.1 Å². The molecule has 0 aliphatic carbocycles. The SMILES string of the molecule is CC(C)(C)Cc1ccc(OCc2cccc3ccccc23)cc1.CCC. The molecule has 0 saturated carbocycles. The molecule has 138 valence electrons. The van der Waals surface area contributed by atoms with Gasteiger partial charge < -0.3 is 4.74 Å². The lowest BCUT2D eigenvalue weighted by atomic mass is 9.88. The molecule has 1 heteroatoms. The zero-order valence-corrected chi connectivity index (χ0v) is 16.9. The van der Waals surface area contributed by atoms with E-state index in [0.717, 1.165) is 12.2 Å². The van der Waals surface area contributed by atoms with Gasteiger partial charge in [0.2, 0.25) is 0 Å². The predicted molar refractivity (Wildman–Crippen MR) is 114 cm³/mol. The summed E-state index contributed by atoms with van der Waals surface area (Å²) in [4.78, 5) is 0. The molecule has 1 nitrogen and oxygen atoms in total. The third-order valence-corrected chi connectivity index (χ3v) is 3.93. The van der Waals surface area contributed by atoms with Gasteiger partial charge in [0.05, 0.1) is 0 Å². The molecule has 0 aliphatic rings. The Morgan fingerprint density at radius 3 is 2.04 bits per heavy atom. The molecule has 0 bridgehead atoms. The molecular weight excluding hydrogens is 316 g/mol. The van der Waals surface area contributed by atoms with Crippen molar-refractivity contribution in [2.24, 2.45) is 5.41 Å². The fraction of sp³-hybridized carbons (Fsp3) is 0.360. The van der Waals surface area contributed by atoms with Gasteiger partial charge >= 0.3 is 0 Å². The minimum atomic E-state index is 0.311. The van der Waals surface area contributed by atoms with Crippen molar-refractivity contribution in [3.63, 3.8) is 0 Å². The van der Waals surface area contributed by atoms with Crippen LogP contribution < -0.4 is 4.74 Å². The lowest BCUT2D eigenvalue weighted by molar-refractivity contribution is 0.307. The van der Waals surface area contributed by atoms with Crippen molar-refractivity contribution in [3.05, 3.63) is 77.9 Å². The number of hydrogen-bond acceptors (Lipinski definition) is 1. The first-order valence-corrected chi connectivity index (χ1v) is 9.61. The lowest BCUT2D eigenvalue weighted by Crippen LogP contribution is -2.08. The third kappa shape index (κ3) is 6.22. The zero-order valence-electron chi connectivity index (χ0n) is 16.9. The molecular formula is C25H32O. The van der Waals surface area contributed by atoms with Gasteiger partial charge in [-0.2, -0.15) is 0 Å². The third-order valence-electron chi connectivity index (χ3n) is 3.93. The summed E-state index contributed by atoms with van der Waals surface area (Å²) >= 11 is 0. The van der Waals surface area contributed by atoms with Crippen LogP contribution in [0.4, 0.5) is 0 Å². The Morgan fingerprint density at radius 1 is 0.769 bits per heavy atom. The summed E-state index contributed by atoms with van der Waals surface area (Å²) < 4.78 is 5.99. The van der Waals surface area contributed by atoms with Gasteiger partial charge in [0.25, 0.3) is 0 Å². The second-order valence-electron chi connectivity index (χ2n) is 8.02. The molecule has 26 heavy (non-hydrogen) atoms. The monoisotopic (exact) mass is 348 g/mol. The highest BCUT2D eigenvalue weighted by Gasteiger charge is 2.11. The van der Waals surface area contributed by atoms with E-state index in [-0.39, 0.29) is 0 Å². The zero-order chi connectivity index (χ0) is 19.0. The second kappa shape index (κ2) is 9.43. The van der Waals surface area contributed by atoms with E-state index >= 15 is 0 Å². The Kier molecular flexibility index (Phi) is 7.26. The molecule has 0 aliphatic heterocycles. The average Bonchev–Trinajstić information content (AvgIpc) is 2.60. The van der Waals surface area contributed by atoms with Gasteiger partial charge in [0.1, 0.15) is 12.4 Å². The molecule has 0 saturated heterocycles. The summed E-state index contributed by atoms with van der Waals surface area (Å²) in [6.07, 6.45) is 2.33. The normalized spacial score (nSPS) is 11.0. The van der Waals surface area contributed by atoms with Gasteiger partial charge in [-0.3, -0.25) is 0 Å². The highest BCUT2D eigenvalue weighted by Crippen LogP contribution is 2.24. The quantitative estimate of drug-likeness (QED) is 0.476. The van der Waals surface area contributed by atoms with E-state index in [9.17, 15) is 0 Å². The molecule has 3 aromatic rings. The van der Waals surface area contributed by atoms with E-state index in [0.29, 0.717) is 12.0 Å². The van der Waals surface area contributed by atoms with E-state index in [1.165, 1.54) is 28.3 Å². The molecule has 0 radical (unpaired) electrons. The summed E-state index contributed by atoms with van der Waals surface area (Å²) in [6.45, 7) is 11.6. The van der Waals surface area contributed by atoms with Gasteiger partial charge in [-0.15, -0.1) is 0 Å². The summed E-state index contributed by atoms with van der Waals surface area (Å²) in [5.41, 5.74) is 2.89.